The molecule has 0 aliphatic rings. The Morgan fingerprint density at radius 2 is 2.24 bits per heavy atom. The Balaban J connectivity index is 2.27. The minimum atomic E-state index is -0.386. The van der Waals surface area contributed by atoms with Gasteiger partial charge in [0.25, 0.3) is 0 Å². The van der Waals surface area contributed by atoms with Crippen LogP contribution in [0.2, 0.25) is 0 Å². The van der Waals surface area contributed by atoms with Gasteiger partial charge in [0, 0.05) is 11.1 Å². The predicted octanol–water partition coefficient (Wildman–Crippen LogP) is 2.69. The van der Waals surface area contributed by atoms with Crippen LogP contribution in [0, 0.1) is 6.92 Å². The van der Waals surface area contributed by atoms with Crippen LogP contribution in [-0.4, -0.2) is 22.5 Å². The number of nitrogens with zero attached hydrogens (tertiary/aromatic N) is 2. The van der Waals surface area contributed by atoms with Gasteiger partial charge in [-0.25, -0.2) is 9.78 Å². The maximum Gasteiger partial charge on any atom is 0.357 e. The summed E-state index contributed by atoms with van der Waals surface area (Å²) in [5.74, 6) is -0.386. The number of aryl methyl sites for hydroxylation is 1. The molecule has 0 N–H and O–H groups in total. The standard InChI is InChI=1S/C12H12N2O2S/c1-3-16-12(15)10-7-17-11(14-10)9-6-4-5-8(2)13-9/h4-7H,3H2,1-2H3. The third-order valence-electron chi connectivity index (χ3n) is 2.10. The molecule has 88 valence electrons. The van der Waals surface area contributed by atoms with Crippen LogP contribution in [-0.2, 0) is 4.74 Å². The minimum Gasteiger partial charge on any atom is -0.461 e. The molecule has 0 aromatic carbocycles. The smallest absolute Gasteiger partial charge is 0.357 e. The van der Waals surface area contributed by atoms with Gasteiger partial charge >= 0.3 is 5.97 Å². The van der Waals surface area contributed by atoms with Crippen molar-refractivity contribution < 1.29 is 9.53 Å². The van der Waals surface area contributed by atoms with Gasteiger partial charge in [0.15, 0.2) is 5.69 Å². The summed E-state index contributed by atoms with van der Waals surface area (Å²) in [5.41, 5.74) is 2.05. The zero-order valence-electron chi connectivity index (χ0n) is 9.64. The van der Waals surface area contributed by atoms with E-state index in [2.05, 4.69) is 9.97 Å². The Labute approximate surface area is 103 Å². The van der Waals surface area contributed by atoms with Crippen LogP contribution < -0.4 is 0 Å². The average molecular weight is 248 g/mol. The van der Waals surface area contributed by atoms with Crippen molar-refractivity contribution in [3.05, 3.63) is 35.0 Å². The van der Waals surface area contributed by atoms with Crippen molar-refractivity contribution in [2.24, 2.45) is 0 Å². The predicted molar refractivity (Wildman–Crippen MR) is 66.0 cm³/mol. The summed E-state index contributed by atoms with van der Waals surface area (Å²) >= 11 is 1.39. The molecule has 0 saturated heterocycles. The fourth-order valence-electron chi connectivity index (χ4n) is 1.35. The van der Waals surface area contributed by atoms with Crippen LogP contribution in [0.25, 0.3) is 10.7 Å². The fourth-order valence-corrected chi connectivity index (χ4v) is 2.11. The SMILES string of the molecule is CCOC(=O)c1csc(-c2cccc(C)n2)n1. The van der Waals surface area contributed by atoms with E-state index in [0.29, 0.717) is 12.3 Å². The lowest BCUT2D eigenvalue weighted by atomic mass is 10.3. The number of carbonyl (C=O) groups is 1. The number of carbonyl (C=O) groups excluding carboxylic acids is 1. The van der Waals surface area contributed by atoms with E-state index in [0.717, 1.165) is 16.4 Å². The zero-order chi connectivity index (χ0) is 12.3. The third-order valence-corrected chi connectivity index (χ3v) is 2.96. The molecule has 0 amide bonds. The molecule has 0 spiro atoms. The summed E-state index contributed by atoms with van der Waals surface area (Å²) in [6.45, 7) is 4.05. The van der Waals surface area contributed by atoms with Gasteiger partial charge in [0.1, 0.15) is 5.01 Å². The highest BCUT2D eigenvalue weighted by atomic mass is 32.1. The lowest BCUT2D eigenvalue weighted by Crippen LogP contribution is -2.04. The summed E-state index contributed by atoms with van der Waals surface area (Å²) in [4.78, 5) is 20.0. The Morgan fingerprint density at radius 1 is 1.41 bits per heavy atom. The van der Waals surface area contributed by atoms with Gasteiger partial charge in [-0.2, -0.15) is 0 Å². The van der Waals surface area contributed by atoms with Gasteiger partial charge in [0.05, 0.1) is 12.3 Å². The van der Waals surface area contributed by atoms with Crippen molar-refractivity contribution >= 4 is 17.3 Å². The van der Waals surface area contributed by atoms with Crippen molar-refractivity contribution in [1.82, 2.24) is 9.97 Å². The van der Waals surface area contributed by atoms with Crippen LogP contribution in [0.5, 0.6) is 0 Å². The molecule has 0 unspecified atom stereocenters. The van der Waals surface area contributed by atoms with E-state index < -0.39 is 0 Å². The Hall–Kier alpha value is -1.75. The molecule has 0 atom stereocenters. The third kappa shape index (κ3) is 2.68. The summed E-state index contributed by atoms with van der Waals surface area (Å²) in [5, 5.41) is 2.42. The first-order valence-corrected chi connectivity index (χ1v) is 6.15. The lowest BCUT2D eigenvalue weighted by Gasteiger charge is -1.97. The molecule has 4 nitrogen and oxygen atoms in total. The Kier molecular flexibility index (Phi) is 3.49. The van der Waals surface area contributed by atoms with Gasteiger partial charge in [-0.1, -0.05) is 6.07 Å². The molecule has 2 aromatic rings. The molecule has 2 aromatic heterocycles. The van der Waals surface area contributed by atoms with Gasteiger partial charge in [-0.3, -0.25) is 4.98 Å². The molecule has 17 heavy (non-hydrogen) atoms. The molecule has 5 heteroatoms. The molecule has 0 bridgehead atoms. The Morgan fingerprint density at radius 3 is 2.94 bits per heavy atom. The summed E-state index contributed by atoms with van der Waals surface area (Å²) < 4.78 is 4.89. The Bertz CT molecular complexity index is 537. The van der Waals surface area contributed by atoms with E-state index in [9.17, 15) is 4.79 Å². The topological polar surface area (TPSA) is 52.1 Å². The number of ether oxygens (including phenoxy) is 1. The van der Waals surface area contributed by atoms with E-state index in [4.69, 9.17) is 4.74 Å². The molecule has 0 saturated carbocycles. The molecule has 0 aliphatic carbocycles. The van der Waals surface area contributed by atoms with Crippen LogP contribution in [0.3, 0.4) is 0 Å². The summed E-state index contributed by atoms with van der Waals surface area (Å²) in [7, 11) is 0. The molecular formula is C12H12N2O2S. The van der Waals surface area contributed by atoms with Crippen molar-refractivity contribution in [3.8, 4) is 10.7 Å². The van der Waals surface area contributed by atoms with E-state index >= 15 is 0 Å². The highest BCUT2D eigenvalue weighted by Gasteiger charge is 2.13. The van der Waals surface area contributed by atoms with Crippen LogP contribution in [0.1, 0.15) is 23.1 Å². The molecule has 0 fully saturated rings. The van der Waals surface area contributed by atoms with Crippen LogP contribution >= 0.6 is 11.3 Å². The maximum absolute atomic E-state index is 11.5. The minimum absolute atomic E-state index is 0.343. The second-order valence-corrected chi connectivity index (χ2v) is 4.28. The van der Waals surface area contributed by atoms with E-state index in [1.807, 2.05) is 25.1 Å². The first-order valence-electron chi connectivity index (χ1n) is 5.27. The van der Waals surface area contributed by atoms with Crippen LogP contribution in [0.15, 0.2) is 23.6 Å². The first kappa shape index (κ1) is 11.7. The van der Waals surface area contributed by atoms with Crippen molar-refractivity contribution in [3.63, 3.8) is 0 Å². The highest BCUT2D eigenvalue weighted by Crippen LogP contribution is 2.22. The van der Waals surface area contributed by atoms with Gasteiger partial charge in [-0.05, 0) is 26.0 Å². The second-order valence-electron chi connectivity index (χ2n) is 3.42. The monoisotopic (exact) mass is 248 g/mol. The number of hydrogen-bond donors (Lipinski definition) is 0. The van der Waals surface area contributed by atoms with E-state index in [1.165, 1.54) is 11.3 Å². The van der Waals surface area contributed by atoms with E-state index in [-0.39, 0.29) is 5.97 Å². The highest BCUT2D eigenvalue weighted by molar-refractivity contribution is 7.13. The first-order chi connectivity index (χ1) is 8.20. The summed E-state index contributed by atoms with van der Waals surface area (Å²) in [6.07, 6.45) is 0. The van der Waals surface area contributed by atoms with Gasteiger partial charge in [-0.15, -0.1) is 11.3 Å². The van der Waals surface area contributed by atoms with Gasteiger partial charge in [0.2, 0.25) is 0 Å². The largest absolute Gasteiger partial charge is 0.461 e. The molecule has 2 rings (SSSR count). The zero-order valence-corrected chi connectivity index (χ0v) is 10.5. The van der Waals surface area contributed by atoms with E-state index in [1.54, 1.807) is 12.3 Å². The number of rotatable bonds is 3. The van der Waals surface area contributed by atoms with Gasteiger partial charge < -0.3 is 4.74 Å². The normalized spacial score (nSPS) is 10.2. The van der Waals surface area contributed by atoms with Crippen molar-refractivity contribution in [2.45, 2.75) is 13.8 Å². The average Bonchev–Trinajstić information content (AvgIpc) is 2.78. The molecule has 0 aliphatic heterocycles. The number of esters is 1. The molecule has 0 radical (unpaired) electrons. The van der Waals surface area contributed by atoms with Crippen molar-refractivity contribution in [2.75, 3.05) is 6.61 Å². The number of hydrogen-bond acceptors (Lipinski definition) is 5. The lowest BCUT2D eigenvalue weighted by molar-refractivity contribution is 0.0520. The number of aromatic nitrogens is 2. The summed E-state index contributed by atoms with van der Waals surface area (Å²) in [6, 6.07) is 5.72. The maximum atomic E-state index is 11.5. The van der Waals surface area contributed by atoms with Crippen LogP contribution in [0.4, 0.5) is 0 Å². The van der Waals surface area contributed by atoms with Crippen molar-refractivity contribution in [1.29, 1.82) is 0 Å². The second kappa shape index (κ2) is 5.05. The number of pyridine rings is 1. The molecular weight excluding hydrogens is 236 g/mol. The fraction of sp³-hybridized carbons (Fsp3) is 0.250. The quantitative estimate of drug-likeness (QED) is 0.784. The number of thiazole rings is 1. The molecule has 2 heterocycles.